The van der Waals surface area contributed by atoms with Crippen LogP contribution in [0.25, 0.3) is 109 Å². The Kier molecular flexibility index (Phi) is 15.6. The van der Waals surface area contributed by atoms with E-state index < -0.39 is 0 Å². The SMILES string of the molecule is [C-]#[N+]c1cc(C#N)c(-c2ccccc2-c2cc(N3c4ccccc4C(C)(C)c4ccccc43)cc(-n3c4ccccc4c4cnccc43)c2)c(C#N)c1.[C-]#[N+]c1cc(C#N)c(-c2ccccc2-c2cc(N3c4ccccc4C(C)(C)c4ccccc43)cc(-n3c4ccccc4c4cnccc43)c2)cc1C#N. The fourth-order valence-electron chi connectivity index (χ4n) is 16.3. The lowest BCUT2D eigenvalue weighted by molar-refractivity contribution is 0.631. The van der Waals surface area contributed by atoms with Crippen molar-refractivity contribution in [3.63, 3.8) is 0 Å². The Bertz CT molecular complexity index is 6420. The van der Waals surface area contributed by atoms with Crippen molar-refractivity contribution < 1.29 is 0 Å². The first-order valence-corrected chi connectivity index (χ1v) is 34.7. The maximum absolute atomic E-state index is 10.3. The first-order valence-electron chi connectivity index (χ1n) is 34.7. The van der Waals surface area contributed by atoms with Crippen LogP contribution < -0.4 is 9.80 Å². The molecule has 0 unspecified atom stereocenters. The van der Waals surface area contributed by atoms with Crippen molar-refractivity contribution in [3.05, 3.63) is 359 Å². The van der Waals surface area contributed by atoms with Crippen molar-refractivity contribution in [1.82, 2.24) is 19.1 Å². The van der Waals surface area contributed by atoms with Crippen molar-refractivity contribution in [3.8, 4) is 80.2 Å². The van der Waals surface area contributed by atoms with Crippen LogP contribution in [0.2, 0.25) is 0 Å². The van der Waals surface area contributed by atoms with Gasteiger partial charge in [-0.15, -0.1) is 0 Å². The molecular formula is C94H60N12. The number of hydrogen-bond acceptors (Lipinski definition) is 8. The molecule has 0 aliphatic carbocycles. The van der Waals surface area contributed by atoms with E-state index in [1.165, 1.54) is 28.3 Å². The van der Waals surface area contributed by atoms with Crippen LogP contribution in [0.1, 0.15) is 72.2 Å². The zero-order valence-electron chi connectivity index (χ0n) is 58.1. The molecule has 18 rings (SSSR count). The molecule has 0 N–H and O–H groups in total. The Morgan fingerprint density at radius 1 is 0.330 bits per heavy atom. The molecule has 0 atom stereocenters. The van der Waals surface area contributed by atoms with Crippen LogP contribution in [0.15, 0.2) is 292 Å². The third-order valence-electron chi connectivity index (χ3n) is 21.1. The largest absolute Gasteiger partial charge is 0.310 e. The molecule has 0 radical (unpaired) electrons. The number of nitrogens with zero attached hydrogens (tertiary/aromatic N) is 12. The van der Waals surface area contributed by atoms with Crippen LogP contribution >= 0.6 is 0 Å². The second-order valence-electron chi connectivity index (χ2n) is 27.5. The number of aromatic nitrogens is 4. The summed E-state index contributed by atoms with van der Waals surface area (Å²) in [6.45, 7) is 24.3. The Labute approximate surface area is 613 Å². The molecule has 12 heteroatoms. The van der Waals surface area contributed by atoms with E-state index in [9.17, 15) is 21.0 Å². The molecule has 0 fully saturated rings. The van der Waals surface area contributed by atoms with Gasteiger partial charge in [-0.05, 0) is 170 Å². The fraction of sp³-hybridized carbons (Fsp3) is 0.0638. The maximum atomic E-state index is 10.3. The van der Waals surface area contributed by atoms with E-state index in [2.05, 4.69) is 291 Å². The number of benzene rings is 12. The zero-order chi connectivity index (χ0) is 72.5. The quantitative estimate of drug-likeness (QED) is 0.137. The molecule has 0 amide bonds. The van der Waals surface area contributed by atoms with Gasteiger partial charge in [0.2, 0.25) is 5.69 Å². The van der Waals surface area contributed by atoms with Crippen molar-refractivity contribution in [2.45, 2.75) is 38.5 Å². The number of hydrogen-bond donors (Lipinski definition) is 0. The zero-order valence-corrected chi connectivity index (χ0v) is 58.1. The van der Waals surface area contributed by atoms with Crippen LogP contribution in [0.3, 0.4) is 0 Å². The van der Waals surface area contributed by atoms with Crippen LogP contribution in [0, 0.1) is 58.5 Å². The lowest BCUT2D eigenvalue weighted by Gasteiger charge is -2.42. The van der Waals surface area contributed by atoms with Gasteiger partial charge in [0.1, 0.15) is 0 Å². The molecule has 0 spiro atoms. The van der Waals surface area contributed by atoms with E-state index in [0.29, 0.717) is 16.7 Å². The van der Waals surface area contributed by atoms with Gasteiger partial charge in [0.25, 0.3) is 0 Å². The van der Waals surface area contributed by atoms with Crippen molar-refractivity contribution in [2.75, 3.05) is 9.80 Å². The number of pyridine rings is 2. The third-order valence-corrected chi connectivity index (χ3v) is 21.1. The fourth-order valence-corrected chi connectivity index (χ4v) is 16.3. The molecular weight excluding hydrogens is 1300 g/mol. The molecule has 2 aliphatic rings. The molecule has 0 saturated heterocycles. The first-order chi connectivity index (χ1) is 51.8. The Balaban J connectivity index is 0.000000156. The summed E-state index contributed by atoms with van der Waals surface area (Å²) in [5.41, 5.74) is 24.8. The average molecular weight is 1360 g/mol. The van der Waals surface area contributed by atoms with Crippen LogP contribution in [0.5, 0.6) is 0 Å². The summed E-state index contributed by atoms with van der Waals surface area (Å²) in [7, 11) is 0. The lowest BCUT2D eigenvalue weighted by Crippen LogP contribution is -2.30. The van der Waals surface area contributed by atoms with E-state index in [1.807, 2.05) is 67.3 Å². The number of nitriles is 4. The summed E-state index contributed by atoms with van der Waals surface area (Å²) in [5, 5.41) is 45.2. The lowest BCUT2D eigenvalue weighted by atomic mass is 9.73. The van der Waals surface area contributed by atoms with Crippen LogP contribution in [-0.4, -0.2) is 19.1 Å². The first kappa shape index (κ1) is 64.5. The second kappa shape index (κ2) is 25.6. The summed E-state index contributed by atoms with van der Waals surface area (Å²) in [5.74, 6) is 0. The molecule has 12 aromatic carbocycles. The van der Waals surface area contributed by atoms with Gasteiger partial charge < -0.3 is 18.9 Å². The van der Waals surface area contributed by atoms with Gasteiger partial charge in [0, 0.05) is 91.0 Å². The summed E-state index contributed by atoms with van der Waals surface area (Å²) < 4.78 is 4.59. The predicted molar refractivity (Wildman–Crippen MR) is 424 cm³/mol. The molecule has 0 saturated carbocycles. The van der Waals surface area contributed by atoms with E-state index in [1.54, 1.807) is 18.2 Å². The van der Waals surface area contributed by atoms with Crippen LogP contribution in [-0.2, 0) is 10.8 Å². The van der Waals surface area contributed by atoms with Gasteiger partial charge in [-0.25, -0.2) is 9.69 Å². The van der Waals surface area contributed by atoms with E-state index in [4.69, 9.17) is 13.1 Å². The molecule has 0 bridgehead atoms. The Hall–Kier alpha value is -14.9. The number of fused-ring (bicyclic) bond motifs is 10. The minimum atomic E-state index is -0.227. The summed E-state index contributed by atoms with van der Waals surface area (Å²) >= 11 is 0. The van der Waals surface area contributed by atoms with E-state index >= 15 is 0 Å². The number of anilines is 6. The minimum absolute atomic E-state index is 0.167. The van der Waals surface area contributed by atoms with Crippen molar-refractivity contribution >= 4 is 89.1 Å². The van der Waals surface area contributed by atoms with E-state index in [-0.39, 0.29) is 38.9 Å². The number of rotatable bonds is 8. The molecule has 4 aromatic heterocycles. The van der Waals surface area contributed by atoms with Gasteiger partial charge in [-0.2, -0.15) is 21.0 Å². The van der Waals surface area contributed by atoms with Gasteiger partial charge >= 0.3 is 0 Å². The number of para-hydroxylation sites is 6. The van der Waals surface area contributed by atoms with Gasteiger partial charge in [0.05, 0.1) is 98.9 Å². The normalized spacial score (nSPS) is 12.8. The van der Waals surface area contributed by atoms with Crippen molar-refractivity contribution in [1.29, 1.82) is 21.0 Å². The molecule has 2 aliphatic heterocycles. The standard InChI is InChI=1S/2C47H30N6/c1-47(2)40-15-7-10-18-44(40)53(45-19-11-8-16-41(45)47)35-25-30(24-34(26-35)52-42-17-9-6-13-37(42)39-29-51-21-20-43(39)52)36-12-4-5-14-38(36)46-31(27-48)22-33(50-3)23-32(46)28-49;1-47(2)40-15-7-10-18-45(40)53(46-19-11-8-16-41(46)47)34-23-30(22-33(26-34)52-43-17-9-6-14-37(43)39-29-51-21-20-44(39)52)35-12-4-5-13-36(35)38-24-32(28-49)42(50-3)25-31(38)27-48/h2*4-26,29H,1-2H3. The molecule has 106 heavy (non-hydrogen) atoms. The molecule has 16 aromatic rings. The van der Waals surface area contributed by atoms with Gasteiger partial charge in [0.15, 0.2) is 5.69 Å². The second-order valence-corrected chi connectivity index (χ2v) is 27.5. The predicted octanol–water partition coefficient (Wildman–Crippen LogP) is 23.8. The monoisotopic (exact) mass is 1360 g/mol. The Morgan fingerprint density at radius 2 is 0.698 bits per heavy atom. The summed E-state index contributed by atoms with van der Waals surface area (Å²) in [4.78, 5) is 20.8. The highest BCUT2D eigenvalue weighted by Crippen LogP contribution is 2.55. The van der Waals surface area contributed by atoms with Crippen molar-refractivity contribution in [2.24, 2.45) is 0 Å². The minimum Gasteiger partial charge on any atom is -0.310 e. The smallest absolute Gasteiger partial charge is 0.205 e. The van der Waals surface area contributed by atoms with Gasteiger partial charge in [-0.1, -0.05) is 185 Å². The van der Waals surface area contributed by atoms with Crippen LogP contribution in [0.4, 0.5) is 45.5 Å². The molecule has 6 heterocycles. The average Bonchev–Trinajstić information content (AvgIpc) is 0.733. The summed E-state index contributed by atoms with van der Waals surface area (Å²) in [6, 6.07) is 99.9. The maximum Gasteiger partial charge on any atom is 0.205 e. The van der Waals surface area contributed by atoms with E-state index in [0.717, 1.165) is 122 Å². The molecule has 12 nitrogen and oxygen atoms in total. The summed E-state index contributed by atoms with van der Waals surface area (Å²) in [6.07, 6.45) is 7.51. The topological polar surface area (TPSA) is 146 Å². The highest BCUT2D eigenvalue weighted by molar-refractivity contribution is 6.11. The molecule has 496 valence electrons. The highest BCUT2D eigenvalue weighted by Gasteiger charge is 2.39. The highest BCUT2D eigenvalue weighted by atomic mass is 15.2. The third kappa shape index (κ3) is 10.3. The van der Waals surface area contributed by atoms with Gasteiger partial charge in [-0.3, -0.25) is 9.97 Å². The Morgan fingerprint density at radius 3 is 1.12 bits per heavy atom.